The van der Waals surface area contributed by atoms with Gasteiger partial charge in [0, 0.05) is 49.5 Å². The van der Waals surface area contributed by atoms with E-state index < -0.39 is 30.1 Å². The van der Waals surface area contributed by atoms with E-state index in [1.807, 2.05) is 42.7 Å². The summed E-state index contributed by atoms with van der Waals surface area (Å²) in [4.78, 5) is 22.5. The maximum Gasteiger partial charge on any atom is 0.409 e. The predicted molar refractivity (Wildman–Crippen MR) is 213 cm³/mol. The van der Waals surface area contributed by atoms with Gasteiger partial charge in [0.05, 0.1) is 31.5 Å². The van der Waals surface area contributed by atoms with Crippen LogP contribution < -0.4 is 9.47 Å². The highest BCUT2D eigenvalue weighted by atomic mass is 32.2. The van der Waals surface area contributed by atoms with E-state index in [-0.39, 0.29) is 50.6 Å². The van der Waals surface area contributed by atoms with Crippen LogP contribution in [0.4, 0.5) is 4.79 Å². The third kappa shape index (κ3) is 9.20. The molecule has 300 valence electrons. The summed E-state index contributed by atoms with van der Waals surface area (Å²) >= 11 is 1.68. The molecule has 7 atom stereocenters. The van der Waals surface area contributed by atoms with Gasteiger partial charge < -0.3 is 43.6 Å². The largest absolute Gasteiger partial charge is 0.459 e. The van der Waals surface area contributed by atoms with Gasteiger partial charge in [0.2, 0.25) is 12.1 Å². The van der Waals surface area contributed by atoms with Crippen LogP contribution in [0.1, 0.15) is 82.6 Å². The summed E-state index contributed by atoms with van der Waals surface area (Å²) in [6, 6.07) is 13.3. The molecule has 2 aromatic rings. The van der Waals surface area contributed by atoms with Crippen molar-refractivity contribution in [3.63, 3.8) is 0 Å². The van der Waals surface area contributed by atoms with Gasteiger partial charge in [-0.15, -0.1) is 18.3 Å². The molecular formula is C43H58N2O9S. The summed E-state index contributed by atoms with van der Waals surface area (Å²) in [6.45, 7) is 7.03. The van der Waals surface area contributed by atoms with Gasteiger partial charge in [-0.05, 0) is 112 Å². The Morgan fingerprint density at radius 2 is 1.84 bits per heavy atom. The molecule has 0 bridgehead atoms. The normalized spacial score (nSPS) is 27.6. The molecule has 0 spiro atoms. The average Bonchev–Trinajstić information content (AvgIpc) is 3.21. The Kier molecular flexibility index (Phi) is 14.6. The summed E-state index contributed by atoms with van der Waals surface area (Å²) in [7, 11) is 1.73. The molecule has 12 heteroatoms. The zero-order chi connectivity index (χ0) is 38.8. The SMILES string of the molecule is C=CCOC12Oc3ccc(Oc4ccc(SC)cc4)cc3C3C(CCCCO)C(CCCCO)C=C(C(=NOC4CCCCO4)CC1N(C)C(=O)OCC)C32. The number of carbonyl (C=O) groups excluding carboxylic acids is 1. The van der Waals surface area contributed by atoms with Crippen molar-refractivity contribution in [2.45, 2.75) is 100 Å². The number of hydrogen-bond acceptors (Lipinski definition) is 11. The number of hydrogen-bond donors (Lipinski definition) is 2. The Bertz CT molecular complexity index is 1640. The topological polar surface area (TPSA) is 129 Å². The minimum absolute atomic E-state index is 0.0972. The Labute approximate surface area is 330 Å². The monoisotopic (exact) mass is 778 g/mol. The number of allylic oxidation sites excluding steroid dienone is 1. The maximum atomic E-state index is 13.6. The van der Waals surface area contributed by atoms with Gasteiger partial charge in [-0.3, -0.25) is 0 Å². The number of likely N-dealkylation sites (N-methyl/N-ethyl adjacent to an activating group) is 1. The number of thioether (sulfide) groups is 1. The van der Waals surface area contributed by atoms with Crippen LogP contribution in [0.2, 0.25) is 0 Å². The number of oxime groups is 1. The van der Waals surface area contributed by atoms with Crippen LogP contribution in [0.25, 0.3) is 0 Å². The second-order valence-corrected chi connectivity index (χ2v) is 15.6. The first-order chi connectivity index (χ1) is 26.9. The van der Waals surface area contributed by atoms with Gasteiger partial charge in [-0.2, -0.15) is 0 Å². The van der Waals surface area contributed by atoms with Gasteiger partial charge in [0.25, 0.3) is 0 Å². The zero-order valence-corrected chi connectivity index (χ0v) is 33.3. The molecule has 2 aromatic carbocycles. The third-order valence-corrected chi connectivity index (χ3v) is 12.1. The van der Waals surface area contributed by atoms with Crippen molar-refractivity contribution >= 4 is 23.6 Å². The van der Waals surface area contributed by atoms with Crippen LogP contribution in [-0.4, -0.2) is 91.4 Å². The third-order valence-electron chi connectivity index (χ3n) is 11.4. The van der Waals surface area contributed by atoms with Crippen molar-refractivity contribution in [2.24, 2.45) is 22.9 Å². The smallest absolute Gasteiger partial charge is 0.409 e. The van der Waals surface area contributed by atoms with E-state index in [4.69, 9.17) is 33.7 Å². The molecule has 2 heterocycles. The van der Waals surface area contributed by atoms with E-state index in [0.29, 0.717) is 30.9 Å². The minimum atomic E-state index is -1.35. The number of aliphatic hydroxyl groups excluding tert-OH is 2. The number of nitrogens with zero attached hydrogens (tertiary/aromatic N) is 2. The summed E-state index contributed by atoms with van der Waals surface area (Å²) in [6.07, 6.45) is 12.9. The van der Waals surface area contributed by atoms with Crippen molar-refractivity contribution in [2.75, 3.05) is 46.3 Å². The van der Waals surface area contributed by atoms with Crippen LogP contribution in [0.5, 0.6) is 17.2 Å². The van der Waals surface area contributed by atoms with E-state index >= 15 is 0 Å². The van der Waals surface area contributed by atoms with Gasteiger partial charge in [-0.25, -0.2) is 4.79 Å². The Morgan fingerprint density at radius 1 is 1.07 bits per heavy atom. The fourth-order valence-electron chi connectivity index (χ4n) is 8.84. The lowest BCUT2D eigenvalue weighted by atomic mass is 9.55. The number of amides is 1. The van der Waals surface area contributed by atoms with Gasteiger partial charge in [0.15, 0.2) is 0 Å². The molecule has 0 radical (unpaired) electrons. The average molecular weight is 779 g/mol. The first-order valence-corrected chi connectivity index (χ1v) is 21.2. The van der Waals surface area contributed by atoms with Crippen molar-refractivity contribution < 1.29 is 43.5 Å². The lowest BCUT2D eigenvalue weighted by Crippen LogP contribution is -2.69. The fourth-order valence-corrected chi connectivity index (χ4v) is 9.25. The lowest BCUT2D eigenvalue weighted by molar-refractivity contribution is -0.254. The van der Waals surface area contributed by atoms with Gasteiger partial charge in [-0.1, -0.05) is 30.1 Å². The molecule has 1 saturated carbocycles. The first-order valence-electron chi connectivity index (χ1n) is 19.9. The van der Waals surface area contributed by atoms with Crippen LogP contribution in [-0.2, 0) is 19.0 Å². The predicted octanol–water partition coefficient (Wildman–Crippen LogP) is 8.45. The molecule has 2 aliphatic heterocycles. The van der Waals surface area contributed by atoms with E-state index in [1.165, 1.54) is 0 Å². The highest BCUT2D eigenvalue weighted by Gasteiger charge is 2.65. The molecule has 55 heavy (non-hydrogen) atoms. The molecular weight excluding hydrogens is 721 g/mol. The molecule has 6 rings (SSSR count). The first kappa shape index (κ1) is 41.1. The van der Waals surface area contributed by atoms with Crippen LogP contribution in [0, 0.1) is 17.8 Å². The Balaban J connectivity index is 1.54. The van der Waals surface area contributed by atoms with E-state index in [2.05, 4.69) is 18.7 Å². The van der Waals surface area contributed by atoms with E-state index in [0.717, 1.165) is 72.4 Å². The number of benzene rings is 2. The highest BCUT2D eigenvalue weighted by Crippen LogP contribution is 2.62. The molecule has 4 aliphatic rings. The lowest BCUT2D eigenvalue weighted by Gasteiger charge is -2.59. The minimum Gasteiger partial charge on any atom is -0.459 e. The maximum absolute atomic E-state index is 13.6. The molecule has 1 saturated heterocycles. The van der Waals surface area contributed by atoms with Crippen molar-refractivity contribution in [3.8, 4) is 17.2 Å². The molecule has 2 fully saturated rings. The highest BCUT2D eigenvalue weighted by molar-refractivity contribution is 7.98. The molecule has 2 N–H and O–H groups in total. The molecule has 11 nitrogen and oxygen atoms in total. The van der Waals surface area contributed by atoms with Crippen molar-refractivity contribution in [3.05, 3.63) is 72.3 Å². The van der Waals surface area contributed by atoms with Gasteiger partial charge >= 0.3 is 6.09 Å². The molecule has 2 aliphatic carbocycles. The standard InChI is InChI=1S/C43H58N2O9S/c1-5-24-51-43-38(45(3)42(48)49-6-2)28-36(44-54-39-15-9-12-25-50-39)34-26-29(13-7-10-22-46)33(14-8-11-23-47)40(41(34)43)35-27-31(18-21-37(35)53-43)52-30-16-19-32(55-4)20-17-30/h5,16-21,26-27,29,33,38-41,46-47H,1,6-15,22-25,28H2,2-4H3. The second kappa shape index (κ2) is 19.5. The fraction of sp³-hybridized carbons (Fsp3) is 0.581. The van der Waals surface area contributed by atoms with Crippen molar-refractivity contribution in [1.82, 2.24) is 4.90 Å². The Hall–Kier alpha value is -3.55. The number of carbonyl (C=O) groups is 1. The van der Waals surface area contributed by atoms with Crippen LogP contribution >= 0.6 is 11.8 Å². The second-order valence-electron chi connectivity index (χ2n) is 14.8. The zero-order valence-electron chi connectivity index (χ0n) is 32.5. The number of rotatable bonds is 18. The summed E-state index contributed by atoms with van der Waals surface area (Å²) in [5.41, 5.74) is 2.68. The summed E-state index contributed by atoms with van der Waals surface area (Å²) in [5.74, 6) is 0.354. The van der Waals surface area contributed by atoms with Gasteiger partial charge in [0.1, 0.15) is 23.3 Å². The summed E-state index contributed by atoms with van der Waals surface area (Å²) < 4.78 is 32.1. The summed E-state index contributed by atoms with van der Waals surface area (Å²) in [5, 5.41) is 24.6. The number of ether oxygens (including phenoxy) is 5. The van der Waals surface area contributed by atoms with E-state index in [1.54, 1.807) is 36.7 Å². The molecule has 1 amide bonds. The molecule has 7 unspecified atom stereocenters. The number of unbranched alkanes of at least 4 members (excludes halogenated alkanes) is 2. The van der Waals surface area contributed by atoms with Crippen LogP contribution in [0.15, 0.2) is 76.8 Å². The Morgan fingerprint density at radius 3 is 2.53 bits per heavy atom. The number of fused-ring (bicyclic) bond motifs is 2. The number of aliphatic hydroxyl groups is 2. The van der Waals surface area contributed by atoms with Crippen molar-refractivity contribution in [1.29, 1.82) is 0 Å². The molecule has 0 aromatic heterocycles. The quantitative estimate of drug-likeness (QED) is 0.0659. The van der Waals surface area contributed by atoms with E-state index in [9.17, 15) is 15.0 Å². The van der Waals surface area contributed by atoms with Crippen LogP contribution in [0.3, 0.4) is 0 Å².